The number of sulfone groups is 1. The SMILES string of the molecule is CCCCc1ccc(CC(=O)N2CCN(C3CCS(=O)(=O)C3)CC2)cc1. The lowest BCUT2D eigenvalue weighted by molar-refractivity contribution is -0.132. The number of carbonyl (C=O) groups excluding carboxylic acids is 1. The van der Waals surface area contributed by atoms with Gasteiger partial charge in [0.25, 0.3) is 0 Å². The van der Waals surface area contributed by atoms with E-state index in [-0.39, 0.29) is 17.7 Å². The molecule has 0 N–H and O–H groups in total. The summed E-state index contributed by atoms with van der Waals surface area (Å²) < 4.78 is 23.3. The van der Waals surface area contributed by atoms with Crippen LogP contribution < -0.4 is 0 Å². The number of unbranched alkanes of at least 4 members (excludes halogenated alkanes) is 1. The van der Waals surface area contributed by atoms with Gasteiger partial charge in [-0.2, -0.15) is 0 Å². The second kappa shape index (κ2) is 8.53. The van der Waals surface area contributed by atoms with Crippen molar-refractivity contribution in [1.82, 2.24) is 9.80 Å². The van der Waals surface area contributed by atoms with E-state index in [4.69, 9.17) is 0 Å². The average molecular weight is 379 g/mol. The summed E-state index contributed by atoms with van der Waals surface area (Å²) in [5.74, 6) is 0.765. The summed E-state index contributed by atoms with van der Waals surface area (Å²) in [4.78, 5) is 16.7. The number of hydrogen-bond donors (Lipinski definition) is 0. The van der Waals surface area contributed by atoms with Gasteiger partial charge in [0.1, 0.15) is 0 Å². The molecule has 2 heterocycles. The Kier molecular flexibility index (Phi) is 6.35. The van der Waals surface area contributed by atoms with Crippen molar-refractivity contribution in [1.29, 1.82) is 0 Å². The van der Waals surface area contributed by atoms with Crippen molar-refractivity contribution >= 4 is 15.7 Å². The van der Waals surface area contributed by atoms with Crippen LogP contribution in [0.15, 0.2) is 24.3 Å². The summed E-state index contributed by atoms with van der Waals surface area (Å²) in [5.41, 5.74) is 2.41. The molecule has 2 aliphatic rings. The van der Waals surface area contributed by atoms with Gasteiger partial charge in [0, 0.05) is 32.2 Å². The van der Waals surface area contributed by atoms with Gasteiger partial charge in [0.05, 0.1) is 17.9 Å². The number of nitrogens with zero attached hydrogens (tertiary/aromatic N) is 2. The first-order valence-corrected chi connectivity index (χ1v) is 11.6. The minimum absolute atomic E-state index is 0.146. The third-order valence-electron chi connectivity index (χ3n) is 5.59. The molecule has 1 aromatic rings. The van der Waals surface area contributed by atoms with Crippen molar-refractivity contribution < 1.29 is 13.2 Å². The lowest BCUT2D eigenvalue weighted by atomic mass is 10.0. The molecule has 0 saturated carbocycles. The molecule has 0 radical (unpaired) electrons. The van der Waals surface area contributed by atoms with E-state index < -0.39 is 9.84 Å². The summed E-state index contributed by atoms with van der Waals surface area (Å²) in [6.07, 6.45) is 4.68. The van der Waals surface area contributed by atoms with E-state index >= 15 is 0 Å². The van der Waals surface area contributed by atoms with E-state index in [0.717, 1.165) is 31.5 Å². The molecule has 1 atom stereocenters. The molecular weight excluding hydrogens is 348 g/mol. The van der Waals surface area contributed by atoms with Crippen molar-refractivity contribution in [2.24, 2.45) is 0 Å². The van der Waals surface area contributed by atoms with Crippen LogP contribution in [0.1, 0.15) is 37.3 Å². The molecule has 144 valence electrons. The lowest BCUT2D eigenvalue weighted by Crippen LogP contribution is -2.52. The average Bonchev–Trinajstić information content (AvgIpc) is 3.01. The van der Waals surface area contributed by atoms with E-state index in [1.807, 2.05) is 4.90 Å². The second-order valence-corrected chi connectivity index (χ2v) is 9.80. The summed E-state index contributed by atoms with van der Waals surface area (Å²) in [6.45, 7) is 5.15. The Morgan fingerprint density at radius 1 is 1.08 bits per heavy atom. The zero-order valence-electron chi connectivity index (χ0n) is 15.7. The maximum absolute atomic E-state index is 12.6. The topological polar surface area (TPSA) is 57.7 Å². The van der Waals surface area contributed by atoms with Gasteiger partial charge >= 0.3 is 0 Å². The summed E-state index contributed by atoms with van der Waals surface area (Å²) in [5, 5.41) is 0. The van der Waals surface area contributed by atoms with Gasteiger partial charge in [-0.15, -0.1) is 0 Å². The monoisotopic (exact) mass is 378 g/mol. The van der Waals surface area contributed by atoms with E-state index in [9.17, 15) is 13.2 Å². The summed E-state index contributed by atoms with van der Waals surface area (Å²) in [7, 11) is -2.85. The van der Waals surface area contributed by atoms with Crippen molar-refractivity contribution in [3.8, 4) is 0 Å². The standard InChI is InChI=1S/C20H30N2O3S/c1-2-3-4-17-5-7-18(8-6-17)15-20(23)22-12-10-21(11-13-22)19-9-14-26(24,25)16-19/h5-8,19H,2-4,9-16H2,1H3. The number of rotatable bonds is 6. The number of piperazine rings is 1. The third-order valence-corrected chi connectivity index (χ3v) is 7.34. The zero-order chi connectivity index (χ0) is 18.6. The maximum atomic E-state index is 12.6. The maximum Gasteiger partial charge on any atom is 0.227 e. The number of aryl methyl sites for hydroxylation is 1. The van der Waals surface area contributed by atoms with Crippen LogP contribution in [0, 0.1) is 0 Å². The molecule has 0 bridgehead atoms. The van der Waals surface area contributed by atoms with Crippen LogP contribution >= 0.6 is 0 Å². The molecule has 6 heteroatoms. The number of carbonyl (C=O) groups is 1. The van der Waals surface area contributed by atoms with Crippen LogP contribution in [-0.2, 0) is 27.5 Å². The van der Waals surface area contributed by atoms with Gasteiger partial charge in [-0.1, -0.05) is 37.6 Å². The highest BCUT2D eigenvalue weighted by molar-refractivity contribution is 7.91. The Balaban J connectivity index is 1.46. The molecule has 2 aliphatic heterocycles. The predicted molar refractivity (Wildman–Crippen MR) is 104 cm³/mol. The minimum atomic E-state index is -2.85. The van der Waals surface area contributed by atoms with Crippen LogP contribution in [0.4, 0.5) is 0 Å². The van der Waals surface area contributed by atoms with Gasteiger partial charge < -0.3 is 4.90 Å². The lowest BCUT2D eigenvalue weighted by Gasteiger charge is -2.37. The first-order chi connectivity index (χ1) is 12.5. The van der Waals surface area contributed by atoms with E-state index in [1.54, 1.807) is 0 Å². The first-order valence-electron chi connectivity index (χ1n) is 9.77. The molecule has 1 amide bonds. The number of amides is 1. The number of hydrogen-bond acceptors (Lipinski definition) is 4. The van der Waals surface area contributed by atoms with Crippen LogP contribution in [0.25, 0.3) is 0 Å². The van der Waals surface area contributed by atoms with Crippen molar-refractivity contribution in [3.63, 3.8) is 0 Å². The van der Waals surface area contributed by atoms with Crippen LogP contribution in [0.3, 0.4) is 0 Å². The molecule has 2 saturated heterocycles. The van der Waals surface area contributed by atoms with Crippen molar-refractivity contribution in [2.45, 2.75) is 45.1 Å². The third kappa shape index (κ3) is 5.07. The molecule has 0 aliphatic carbocycles. The minimum Gasteiger partial charge on any atom is -0.340 e. The Morgan fingerprint density at radius 3 is 2.31 bits per heavy atom. The fourth-order valence-electron chi connectivity index (χ4n) is 3.89. The van der Waals surface area contributed by atoms with E-state index in [0.29, 0.717) is 25.3 Å². The Morgan fingerprint density at radius 2 is 1.73 bits per heavy atom. The fourth-order valence-corrected chi connectivity index (χ4v) is 5.65. The smallest absolute Gasteiger partial charge is 0.227 e. The van der Waals surface area contributed by atoms with Crippen LogP contribution in [0.2, 0.25) is 0 Å². The molecule has 1 aromatic carbocycles. The van der Waals surface area contributed by atoms with Gasteiger partial charge in [-0.3, -0.25) is 9.69 Å². The normalized spacial score (nSPS) is 23.3. The van der Waals surface area contributed by atoms with Gasteiger partial charge in [-0.05, 0) is 30.4 Å². The van der Waals surface area contributed by atoms with E-state index in [1.165, 1.54) is 18.4 Å². The van der Waals surface area contributed by atoms with E-state index in [2.05, 4.69) is 36.1 Å². The Bertz CT molecular complexity index is 707. The van der Waals surface area contributed by atoms with Crippen LogP contribution in [-0.4, -0.2) is 67.9 Å². The number of benzene rings is 1. The molecular formula is C20H30N2O3S. The molecule has 0 spiro atoms. The second-order valence-electron chi connectivity index (χ2n) is 7.57. The quantitative estimate of drug-likeness (QED) is 0.759. The largest absolute Gasteiger partial charge is 0.340 e. The Labute approximate surface area is 157 Å². The highest BCUT2D eigenvalue weighted by Gasteiger charge is 2.34. The van der Waals surface area contributed by atoms with Gasteiger partial charge in [0.2, 0.25) is 5.91 Å². The first kappa shape index (κ1) is 19.4. The van der Waals surface area contributed by atoms with Crippen LogP contribution in [0.5, 0.6) is 0 Å². The van der Waals surface area contributed by atoms with Gasteiger partial charge in [-0.25, -0.2) is 8.42 Å². The highest BCUT2D eigenvalue weighted by atomic mass is 32.2. The fraction of sp³-hybridized carbons (Fsp3) is 0.650. The highest BCUT2D eigenvalue weighted by Crippen LogP contribution is 2.19. The molecule has 0 aromatic heterocycles. The predicted octanol–water partition coefficient (Wildman–Crippen LogP) is 1.90. The molecule has 3 rings (SSSR count). The van der Waals surface area contributed by atoms with Crippen molar-refractivity contribution in [2.75, 3.05) is 37.7 Å². The van der Waals surface area contributed by atoms with Crippen molar-refractivity contribution in [3.05, 3.63) is 35.4 Å². The summed E-state index contributed by atoms with van der Waals surface area (Å²) in [6, 6.07) is 8.56. The zero-order valence-corrected chi connectivity index (χ0v) is 16.5. The Hall–Kier alpha value is -1.40. The molecule has 2 fully saturated rings. The molecule has 5 nitrogen and oxygen atoms in total. The summed E-state index contributed by atoms with van der Waals surface area (Å²) >= 11 is 0. The van der Waals surface area contributed by atoms with Gasteiger partial charge in [0.15, 0.2) is 9.84 Å². The molecule has 1 unspecified atom stereocenters. The molecule has 26 heavy (non-hydrogen) atoms.